The number of carbonyl (C=O) groups excluding carboxylic acids is 2. The van der Waals surface area contributed by atoms with Gasteiger partial charge in [-0.05, 0) is 43.7 Å². The van der Waals surface area contributed by atoms with Crippen molar-refractivity contribution < 1.29 is 9.59 Å². The molecule has 1 aromatic rings. The van der Waals surface area contributed by atoms with E-state index in [9.17, 15) is 9.59 Å². The van der Waals surface area contributed by atoms with Crippen molar-refractivity contribution in [3.05, 3.63) is 35.4 Å². The standard InChI is InChI=1S/C20H31N3O2/c1-15(2)12-22-19(25)23-11-7-10-20(4,14-23)18(24)21-13-17-9-6-5-8-16(17)3/h5-6,8-9,15H,7,10-14H2,1-4H3,(H,21,24)(H,22,25)/t20-/m0/s1. The number of amides is 3. The molecular weight excluding hydrogens is 314 g/mol. The zero-order valence-electron chi connectivity index (χ0n) is 15.9. The van der Waals surface area contributed by atoms with Crippen LogP contribution in [0.25, 0.3) is 0 Å². The summed E-state index contributed by atoms with van der Waals surface area (Å²) in [4.78, 5) is 26.9. The molecule has 1 fully saturated rings. The molecule has 2 N–H and O–H groups in total. The van der Waals surface area contributed by atoms with E-state index in [4.69, 9.17) is 0 Å². The molecule has 25 heavy (non-hydrogen) atoms. The molecule has 5 nitrogen and oxygen atoms in total. The minimum absolute atomic E-state index is 0.0251. The highest BCUT2D eigenvalue weighted by Crippen LogP contribution is 2.30. The lowest BCUT2D eigenvalue weighted by atomic mass is 9.81. The van der Waals surface area contributed by atoms with E-state index in [1.54, 1.807) is 4.90 Å². The Kier molecular flexibility index (Phi) is 6.45. The summed E-state index contributed by atoms with van der Waals surface area (Å²) in [6, 6.07) is 8.00. The third-order valence-electron chi connectivity index (χ3n) is 4.89. The molecule has 1 heterocycles. The van der Waals surface area contributed by atoms with Crippen LogP contribution in [0.15, 0.2) is 24.3 Å². The summed E-state index contributed by atoms with van der Waals surface area (Å²) in [5, 5.41) is 6.01. The second-order valence-corrected chi connectivity index (χ2v) is 7.77. The largest absolute Gasteiger partial charge is 0.351 e. The first-order valence-electron chi connectivity index (χ1n) is 9.17. The first-order valence-corrected chi connectivity index (χ1v) is 9.17. The number of likely N-dealkylation sites (tertiary alicyclic amines) is 1. The molecule has 138 valence electrons. The molecule has 5 heteroatoms. The number of nitrogens with zero attached hydrogens (tertiary/aromatic N) is 1. The average Bonchev–Trinajstić information content (AvgIpc) is 2.58. The molecule has 0 spiro atoms. The van der Waals surface area contributed by atoms with Gasteiger partial charge in [-0.3, -0.25) is 4.79 Å². The second-order valence-electron chi connectivity index (χ2n) is 7.77. The van der Waals surface area contributed by atoms with E-state index in [1.807, 2.05) is 38.1 Å². The predicted molar refractivity (Wildman–Crippen MR) is 100 cm³/mol. The molecule has 0 saturated carbocycles. The van der Waals surface area contributed by atoms with E-state index in [1.165, 1.54) is 5.56 Å². The van der Waals surface area contributed by atoms with E-state index < -0.39 is 5.41 Å². The molecule has 1 atom stereocenters. The fourth-order valence-corrected chi connectivity index (χ4v) is 3.20. The van der Waals surface area contributed by atoms with Crippen molar-refractivity contribution in [1.82, 2.24) is 15.5 Å². The number of rotatable bonds is 5. The normalized spacial score (nSPS) is 20.4. The molecule has 3 amide bonds. The van der Waals surface area contributed by atoms with Crippen LogP contribution in [-0.2, 0) is 11.3 Å². The Morgan fingerprint density at radius 2 is 1.96 bits per heavy atom. The number of piperidine rings is 1. The van der Waals surface area contributed by atoms with Crippen LogP contribution in [0.5, 0.6) is 0 Å². The van der Waals surface area contributed by atoms with Crippen molar-refractivity contribution in [3.8, 4) is 0 Å². The lowest BCUT2D eigenvalue weighted by molar-refractivity contribution is -0.132. The maximum Gasteiger partial charge on any atom is 0.317 e. The lowest BCUT2D eigenvalue weighted by Gasteiger charge is -2.39. The summed E-state index contributed by atoms with van der Waals surface area (Å²) in [6.07, 6.45) is 1.66. The molecule has 0 aromatic heterocycles. The van der Waals surface area contributed by atoms with Crippen molar-refractivity contribution in [2.24, 2.45) is 11.3 Å². The summed E-state index contributed by atoms with van der Waals surface area (Å²) in [6.45, 7) is 10.5. The highest BCUT2D eigenvalue weighted by molar-refractivity contribution is 5.84. The molecule has 2 rings (SSSR count). The van der Waals surface area contributed by atoms with Crippen molar-refractivity contribution >= 4 is 11.9 Å². The molecular formula is C20H31N3O2. The van der Waals surface area contributed by atoms with Gasteiger partial charge >= 0.3 is 6.03 Å². The summed E-state index contributed by atoms with van der Waals surface area (Å²) >= 11 is 0. The molecule has 0 radical (unpaired) electrons. The Morgan fingerprint density at radius 1 is 1.24 bits per heavy atom. The maximum absolute atomic E-state index is 12.8. The van der Waals surface area contributed by atoms with Crippen LogP contribution in [0.4, 0.5) is 4.79 Å². The molecule has 0 unspecified atom stereocenters. The minimum atomic E-state index is -0.532. The van der Waals surface area contributed by atoms with E-state index >= 15 is 0 Å². The molecule has 1 aromatic carbocycles. The number of aryl methyl sites for hydroxylation is 1. The van der Waals surface area contributed by atoms with Crippen LogP contribution in [0.3, 0.4) is 0 Å². The Balaban J connectivity index is 1.93. The van der Waals surface area contributed by atoms with Crippen LogP contribution in [0.1, 0.15) is 44.7 Å². The first-order chi connectivity index (χ1) is 11.8. The fraction of sp³-hybridized carbons (Fsp3) is 0.600. The second kappa shape index (κ2) is 8.37. The Bertz CT molecular complexity index is 615. The highest BCUT2D eigenvalue weighted by atomic mass is 16.2. The van der Waals surface area contributed by atoms with Crippen molar-refractivity contribution in [2.45, 2.75) is 47.1 Å². The number of hydrogen-bond acceptors (Lipinski definition) is 2. The van der Waals surface area contributed by atoms with Gasteiger partial charge in [-0.1, -0.05) is 38.1 Å². The van der Waals surface area contributed by atoms with Crippen LogP contribution in [-0.4, -0.2) is 36.5 Å². The topological polar surface area (TPSA) is 61.4 Å². The van der Waals surface area contributed by atoms with Gasteiger partial charge in [0.1, 0.15) is 0 Å². The third-order valence-corrected chi connectivity index (χ3v) is 4.89. The van der Waals surface area contributed by atoms with Crippen molar-refractivity contribution in [2.75, 3.05) is 19.6 Å². The van der Waals surface area contributed by atoms with Crippen LogP contribution >= 0.6 is 0 Å². The van der Waals surface area contributed by atoms with E-state index in [0.717, 1.165) is 18.4 Å². The summed E-state index contributed by atoms with van der Waals surface area (Å²) in [5.74, 6) is 0.439. The van der Waals surface area contributed by atoms with Crippen LogP contribution in [0, 0.1) is 18.3 Å². The van der Waals surface area contributed by atoms with Crippen molar-refractivity contribution in [1.29, 1.82) is 0 Å². The van der Waals surface area contributed by atoms with Gasteiger partial charge in [-0.25, -0.2) is 4.79 Å². The summed E-state index contributed by atoms with van der Waals surface area (Å²) < 4.78 is 0. The molecule has 0 bridgehead atoms. The Labute approximate surface area is 151 Å². The predicted octanol–water partition coefficient (Wildman–Crippen LogP) is 3.08. The minimum Gasteiger partial charge on any atom is -0.351 e. The van der Waals surface area contributed by atoms with Crippen LogP contribution < -0.4 is 10.6 Å². The van der Waals surface area contributed by atoms with Gasteiger partial charge in [-0.2, -0.15) is 0 Å². The van der Waals surface area contributed by atoms with Crippen LogP contribution in [0.2, 0.25) is 0 Å². The van der Waals surface area contributed by atoms with Gasteiger partial charge in [0.2, 0.25) is 5.91 Å². The van der Waals surface area contributed by atoms with Gasteiger partial charge in [0, 0.05) is 26.2 Å². The Morgan fingerprint density at radius 3 is 2.64 bits per heavy atom. The summed E-state index contributed by atoms with van der Waals surface area (Å²) in [7, 11) is 0. The van der Waals surface area contributed by atoms with E-state index in [-0.39, 0.29) is 11.9 Å². The van der Waals surface area contributed by atoms with Gasteiger partial charge in [0.25, 0.3) is 0 Å². The van der Waals surface area contributed by atoms with Crippen molar-refractivity contribution in [3.63, 3.8) is 0 Å². The number of nitrogens with one attached hydrogen (secondary N) is 2. The number of hydrogen-bond donors (Lipinski definition) is 2. The van der Waals surface area contributed by atoms with Gasteiger partial charge < -0.3 is 15.5 Å². The van der Waals surface area contributed by atoms with Gasteiger partial charge in [0.15, 0.2) is 0 Å². The third kappa shape index (κ3) is 5.21. The molecule has 1 saturated heterocycles. The zero-order chi connectivity index (χ0) is 18.4. The van der Waals surface area contributed by atoms with Gasteiger partial charge in [0.05, 0.1) is 5.41 Å². The number of carbonyl (C=O) groups is 2. The fourth-order valence-electron chi connectivity index (χ4n) is 3.20. The molecule has 1 aliphatic rings. The monoisotopic (exact) mass is 345 g/mol. The lowest BCUT2D eigenvalue weighted by Crippen LogP contribution is -2.54. The van der Waals surface area contributed by atoms with E-state index in [0.29, 0.717) is 32.1 Å². The molecule has 0 aliphatic carbocycles. The number of benzene rings is 1. The summed E-state index contributed by atoms with van der Waals surface area (Å²) in [5.41, 5.74) is 1.77. The highest BCUT2D eigenvalue weighted by Gasteiger charge is 2.39. The SMILES string of the molecule is Cc1ccccc1CNC(=O)[C@@]1(C)CCCN(C(=O)NCC(C)C)C1. The average molecular weight is 345 g/mol. The maximum atomic E-state index is 12.8. The first kappa shape index (κ1) is 19.3. The van der Waals surface area contributed by atoms with Gasteiger partial charge in [-0.15, -0.1) is 0 Å². The number of urea groups is 1. The molecule has 1 aliphatic heterocycles. The Hall–Kier alpha value is -2.04. The smallest absolute Gasteiger partial charge is 0.317 e. The zero-order valence-corrected chi connectivity index (χ0v) is 15.9. The van der Waals surface area contributed by atoms with E-state index in [2.05, 4.69) is 24.5 Å². The quantitative estimate of drug-likeness (QED) is 0.861.